The standard InChI is InChI=1S/C58H38N4/c1-3-16-40(17-4-1)52-38-53(41-18-5-2-6-19-41)60-58(59-52)42-32-30-39(31-33-42)43-20-15-21-44(34-43)45-35-46(61-54-26-11-7-22-48(54)49-23-8-12-27-55(49)61)37-47(36-45)62-56-28-13-9-24-50(56)51-25-10-14-29-57(51)62/h1-38H. The quantitative estimate of drug-likeness (QED) is 0.161. The average Bonchev–Trinajstić information content (AvgIpc) is 3.88. The van der Waals surface area contributed by atoms with E-state index in [1.54, 1.807) is 0 Å². The molecule has 4 heteroatoms. The molecule has 0 fully saturated rings. The van der Waals surface area contributed by atoms with Gasteiger partial charge in [-0.1, -0.05) is 176 Å². The Labute approximate surface area is 359 Å². The van der Waals surface area contributed by atoms with E-state index in [4.69, 9.17) is 9.97 Å². The minimum atomic E-state index is 0.699. The maximum atomic E-state index is 5.07. The topological polar surface area (TPSA) is 35.6 Å². The first-order valence-electron chi connectivity index (χ1n) is 21.1. The second kappa shape index (κ2) is 14.7. The van der Waals surface area contributed by atoms with Crippen LogP contribution in [0.1, 0.15) is 0 Å². The van der Waals surface area contributed by atoms with Gasteiger partial charge in [-0.3, -0.25) is 0 Å². The maximum Gasteiger partial charge on any atom is 0.160 e. The normalized spacial score (nSPS) is 11.5. The lowest BCUT2D eigenvalue weighted by molar-refractivity contribution is 1.13. The van der Waals surface area contributed by atoms with Crippen LogP contribution in [0.3, 0.4) is 0 Å². The van der Waals surface area contributed by atoms with Crippen molar-refractivity contribution >= 4 is 43.6 Å². The molecule has 12 aromatic rings. The predicted molar refractivity (Wildman–Crippen MR) is 258 cm³/mol. The summed E-state index contributed by atoms with van der Waals surface area (Å²) < 4.78 is 4.85. The molecule has 0 spiro atoms. The van der Waals surface area contributed by atoms with E-state index >= 15 is 0 Å². The van der Waals surface area contributed by atoms with Crippen LogP contribution in [0.2, 0.25) is 0 Å². The van der Waals surface area contributed by atoms with Gasteiger partial charge in [-0.15, -0.1) is 0 Å². The lowest BCUT2D eigenvalue weighted by Crippen LogP contribution is -2.00. The fourth-order valence-electron chi connectivity index (χ4n) is 9.20. The smallest absolute Gasteiger partial charge is 0.160 e. The van der Waals surface area contributed by atoms with Crippen molar-refractivity contribution in [3.05, 3.63) is 231 Å². The fourth-order valence-corrected chi connectivity index (χ4v) is 9.20. The summed E-state index contributed by atoms with van der Waals surface area (Å²) in [4.78, 5) is 10.1. The molecule has 3 aromatic heterocycles. The van der Waals surface area contributed by atoms with Gasteiger partial charge < -0.3 is 9.13 Å². The van der Waals surface area contributed by atoms with Crippen molar-refractivity contribution in [1.82, 2.24) is 19.1 Å². The van der Waals surface area contributed by atoms with Crippen molar-refractivity contribution in [2.24, 2.45) is 0 Å². The Hall–Kier alpha value is -8.34. The van der Waals surface area contributed by atoms with Crippen LogP contribution < -0.4 is 0 Å². The maximum absolute atomic E-state index is 5.07. The molecule has 4 nitrogen and oxygen atoms in total. The van der Waals surface area contributed by atoms with E-state index in [2.05, 4.69) is 203 Å². The van der Waals surface area contributed by atoms with E-state index in [9.17, 15) is 0 Å². The van der Waals surface area contributed by atoms with E-state index in [-0.39, 0.29) is 0 Å². The molecule has 0 saturated heterocycles. The van der Waals surface area contributed by atoms with E-state index in [1.807, 2.05) is 36.4 Å². The number of rotatable bonds is 7. The van der Waals surface area contributed by atoms with Crippen molar-refractivity contribution < 1.29 is 0 Å². The molecule has 0 bridgehead atoms. The van der Waals surface area contributed by atoms with E-state index < -0.39 is 0 Å². The van der Waals surface area contributed by atoms with Crippen LogP contribution >= 0.6 is 0 Å². The highest BCUT2D eigenvalue weighted by Gasteiger charge is 2.18. The van der Waals surface area contributed by atoms with Crippen LogP contribution in [0.4, 0.5) is 0 Å². The minimum Gasteiger partial charge on any atom is -0.309 e. The van der Waals surface area contributed by atoms with Crippen LogP contribution in [-0.4, -0.2) is 19.1 Å². The number of benzene rings is 9. The number of hydrogen-bond acceptors (Lipinski definition) is 2. The summed E-state index contributed by atoms with van der Waals surface area (Å²) in [5, 5.41) is 4.97. The minimum absolute atomic E-state index is 0.699. The summed E-state index contributed by atoms with van der Waals surface area (Å²) in [5.74, 6) is 0.699. The largest absolute Gasteiger partial charge is 0.309 e. The van der Waals surface area contributed by atoms with Gasteiger partial charge in [-0.05, 0) is 76.9 Å². The van der Waals surface area contributed by atoms with Gasteiger partial charge in [0, 0.05) is 49.6 Å². The molecule has 0 saturated carbocycles. The van der Waals surface area contributed by atoms with Gasteiger partial charge in [0.05, 0.1) is 33.5 Å². The Morgan fingerprint density at radius 2 is 0.613 bits per heavy atom. The molecular formula is C58H38N4. The fraction of sp³-hybridized carbons (Fsp3) is 0. The van der Waals surface area contributed by atoms with E-state index in [1.165, 1.54) is 43.6 Å². The van der Waals surface area contributed by atoms with Crippen molar-refractivity contribution in [3.63, 3.8) is 0 Å². The van der Waals surface area contributed by atoms with Gasteiger partial charge in [-0.25, -0.2) is 9.97 Å². The lowest BCUT2D eigenvalue weighted by atomic mass is 9.97. The molecule has 0 aliphatic rings. The van der Waals surface area contributed by atoms with Gasteiger partial charge in [0.15, 0.2) is 5.82 Å². The van der Waals surface area contributed by atoms with Crippen molar-refractivity contribution in [2.45, 2.75) is 0 Å². The summed E-state index contributed by atoms with van der Waals surface area (Å²) in [6, 6.07) is 82.3. The molecule has 62 heavy (non-hydrogen) atoms. The average molecular weight is 791 g/mol. The first-order chi connectivity index (χ1) is 30.7. The molecule has 12 rings (SSSR count). The molecule has 0 N–H and O–H groups in total. The highest BCUT2D eigenvalue weighted by molar-refractivity contribution is 6.10. The van der Waals surface area contributed by atoms with Gasteiger partial charge >= 0.3 is 0 Å². The van der Waals surface area contributed by atoms with Crippen LogP contribution in [0.25, 0.3) is 111 Å². The Kier molecular flexibility index (Phi) is 8.46. The number of fused-ring (bicyclic) bond motifs is 6. The van der Waals surface area contributed by atoms with Crippen LogP contribution in [-0.2, 0) is 0 Å². The zero-order valence-electron chi connectivity index (χ0n) is 33.7. The third kappa shape index (κ3) is 6.08. The van der Waals surface area contributed by atoms with E-state index in [0.717, 1.165) is 61.7 Å². The summed E-state index contributed by atoms with van der Waals surface area (Å²) in [6.45, 7) is 0. The summed E-state index contributed by atoms with van der Waals surface area (Å²) in [7, 11) is 0. The molecule has 9 aromatic carbocycles. The van der Waals surface area contributed by atoms with Crippen LogP contribution in [0, 0.1) is 0 Å². The first-order valence-corrected chi connectivity index (χ1v) is 21.1. The Morgan fingerprint density at radius 1 is 0.242 bits per heavy atom. The van der Waals surface area contributed by atoms with Gasteiger partial charge in [-0.2, -0.15) is 0 Å². The third-order valence-electron chi connectivity index (χ3n) is 12.1. The second-order valence-corrected chi connectivity index (χ2v) is 15.8. The number of nitrogens with zero attached hydrogens (tertiary/aromatic N) is 4. The van der Waals surface area contributed by atoms with Gasteiger partial charge in [0.25, 0.3) is 0 Å². The number of aromatic nitrogens is 4. The number of para-hydroxylation sites is 4. The summed E-state index contributed by atoms with van der Waals surface area (Å²) >= 11 is 0. The highest BCUT2D eigenvalue weighted by atomic mass is 15.0. The second-order valence-electron chi connectivity index (χ2n) is 15.8. The van der Waals surface area contributed by atoms with Crippen molar-refractivity contribution in [1.29, 1.82) is 0 Å². The molecule has 0 aliphatic heterocycles. The molecule has 0 unspecified atom stereocenters. The Balaban J connectivity index is 0.996. The van der Waals surface area contributed by atoms with Gasteiger partial charge in [0.2, 0.25) is 0 Å². The Bertz CT molecular complexity index is 3320. The highest BCUT2D eigenvalue weighted by Crippen LogP contribution is 2.39. The molecule has 0 atom stereocenters. The molecular weight excluding hydrogens is 753 g/mol. The third-order valence-corrected chi connectivity index (χ3v) is 12.1. The zero-order chi connectivity index (χ0) is 41.0. The molecule has 290 valence electrons. The van der Waals surface area contributed by atoms with E-state index in [0.29, 0.717) is 5.82 Å². The molecule has 0 aliphatic carbocycles. The van der Waals surface area contributed by atoms with Crippen molar-refractivity contribution in [3.8, 4) is 67.5 Å². The first kappa shape index (κ1) is 35.6. The van der Waals surface area contributed by atoms with Crippen LogP contribution in [0.15, 0.2) is 231 Å². The summed E-state index contributed by atoms with van der Waals surface area (Å²) in [5.41, 5.74) is 16.4. The van der Waals surface area contributed by atoms with Crippen molar-refractivity contribution in [2.75, 3.05) is 0 Å². The summed E-state index contributed by atoms with van der Waals surface area (Å²) in [6.07, 6.45) is 0. The molecule has 0 amide bonds. The number of hydrogen-bond donors (Lipinski definition) is 0. The van der Waals surface area contributed by atoms with Crippen LogP contribution in [0.5, 0.6) is 0 Å². The zero-order valence-corrected chi connectivity index (χ0v) is 33.7. The monoisotopic (exact) mass is 790 g/mol. The predicted octanol–water partition coefficient (Wildman–Crippen LogP) is 15.0. The van der Waals surface area contributed by atoms with Gasteiger partial charge in [0.1, 0.15) is 0 Å². The lowest BCUT2D eigenvalue weighted by Gasteiger charge is -2.16. The Morgan fingerprint density at radius 3 is 1.06 bits per heavy atom. The molecule has 3 heterocycles. The SMILES string of the molecule is c1ccc(-c2cc(-c3ccccc3)nc(-c3ccc(-c4cccc(-c5cc(-n6c7ccccc7c7ccccc76)cc(-n6c7ccccc7c7ccccc76)c5)c4)cc3)n2)cc1. The molecule has 0 radical (unpaired) electrons.